The Morgan fingerprint density at radius 3 is 2.75 bits per heavy atom. The first-order valence-corrected chi connectivity index (χ1v) is 11.4. The summed E-state index contributed by atoms with van der Waals surface area (Å²) in [4.78, 5) is 38.5. The number of ether oxygens (including phenoxy) is 4. The number of para-hydroxylation sites is 2. The van der Waals surface area contributed by atoms with Crippen LogP contribution < -0.4 is 14.8 Å². The van der Waals surface area contributed by atoms with Crippen molar-refractivity contribution in [3.05, 3.63) is 40.3 Å². The lowest BCUT2D eigenvalue weighted by Gasteiger charge is -2.24. The maximum absolute atomic E-state index is 12.6. The minimum atomic E-state index is -0.955. The van der Waals surface area contributed by atoms with Gasteiger partial charge < -0.3 is 24.3 Å². The standard InChI is InChI=1S/C23H25NO7S/c1-3-28-23(27)20-14-9-8-13(2)10-18(14)32-21(20)24-19(25)12-30-22(26)17-11-29-15-6-4-5-7-16(15)31-17/h4-7,13,17H,3,8-12H2,1-2H3,(H,24,25). The predicted molar refractivity (Wildman–Crippen MR) is 117 cm³/mol. The van der Waals surface area contributed by atoms with E-state index in [0.717, 1.165) is 29.7 Å². The number of carbonyl (C=O) groups excluding carboxylic acids is 3. The average Bonchev–Trinajstić information content (AvgIpc) is 3.14. The maximum Gasteiger partial charge on any atom is 0.351 e. The Morgan fingerprint density at radius 1 is 1.19 bits per heavy atom. The van der Waals surface area contributed by atoms with Crippen LogP contribution in [0.1, 0.15) is 41.1 Å². The molecule has 1 N–H and O–H groups in total. The summed E-state index contributed by atoms with van der Waals surface area (Å²) in [7, 11) is 0. The molecule has 2 unspecified atom stereocenters. The minimum absolute atomic E-state index is 0.000299. The molecule has 1 aromatic carbocycles. The Hall–Kier alpha value is -3.07. The van der Waals surface area contributed by atoms with Gasteiger partial charge in [0, 0.05) is 4.88 Å². The summed E-state index contributed by atoms with van der Waals surface area (Å²) in [6.07, 6.45) is 1.65. The predicted octanol–water partition coefficient (Wildman–Crippen LogP) is 3.37. The molecule has 8 nitrogen and oxygen atoms in total. The maximum atomic E-state index is 12.6. The summed E-state index contributed by atoms with van der Waals surface area (Å²) in [6.45, 7) is 3.66. The third kappa shape index (κ3) is 4.72. The Morgan fingerprint density at radius 2 is 1.97 bits per heavy atom. The second-order valence-electron chi connectivity index (χ2n) is 7.80. The summed E-state index contributed by atoms with van der Waals surface area (Å²) >= 11 is 1.38. The van der Waals surface area contributed by atoms with E-state index in [9.17, 15) is 14.4 Å². The molecule has 170 valence electrons. The molecule has 0 bridgehead atoms. The number of fused-ring (bicyclic) bond motifs is 2. The summed E-state index contributed by atoms with van der Waals surface area (Å²) in [5, 5.41) is 3.16. The van der Waals surface area contributed by atoms with E-state index in [-0.39, 0.29) is 13.2 Å². The molecule has 1 amide bonds. The zero-order valence-electron chi connectivity index (χ0n) is 18.0. The number of thiophene rings is 1. The molecule has 4 rings (SSSR count). The van der Waals surface area contributed by atoms with E-state index in [1.54, 1.807) is 31.2 Å². The van der Waals surface area contributed by atoms with Gasteiger partial charge in [-0.25, -0.2) is 9.59 Å². The smallest absolute Gasteiger partial charge is 0.351 e. The number of anilines is 1. The molecule has 0 radical (unpaired) electrons. The second kappa shape index (κ2) is 9.60. The molecule has 0 saturated carbocycles. The molecule has 2 atom stereocenters. The fraction of sp³-hybridized carbons (Fsp3) is 0.435. The third-order valence-electron chi connectivity index (χ3n) is 5.36. The number of benzene rings is 1. The lowest BCUT2D eigenvalue weighted by atomic mass is 9.88. The SMILES string of the molecule is CCOC(=O)c1c(NC(=O)COC(=O)C2COc3ccccc3O2)sc2c1CCC(C)C2. The van der Waals surface area contributed by atoms with Gasteiger partial charge in [-0.2, -0.15) is 0 Å². The highest BCUT2D eigenvalue weighted by atomic mass is 32.1. The van der Waals surface area contributed by atoms with Crippen LogP contribution in [0.25, 0.3) is 0 Å². The second-order valence-corrected chi connectivity index (χ2v) is 8.90. The number of hydrogen-bond acceptors (Lipinski definition) is 8. The van der Waals surface area contributed by atoms with Crippen LogP contribution in [0.3, 0.4) is 0 Å². The van der Waals surface area contributed by atoms with Crippen molar-refractivity contribution in [3.63, 3.8) is 0 Å². The van der Waals surface area contributed by atoms with Gasteiger partial charge >= 0.3 is 11.9 Å². The highest BCUT2D eigenvalue weighted by Gasteiger charge is 2.31. The van der Waals surface area contributed by atoms with Gasteiger partial charge in [0.1, 0.15) is 11.6 Å². The molecule has 1 aromatic heterocycles. The first-order valence-electron chi connectivity index (χ1n) is 10.6. The van der Waals surface area contributed by atoms with Gasteiger partial charge in [-0.15, -0.1) is 11.3 Å². The number of amides is 1. The van der Waals surface area contributed by atoms with Crippen molar-refractivity contribution in [2.45, 2.75) is 39.2 Å². The van der Waals surface area contributed by atoms with Gasteiger partial charge in [0.05, 0.1) is 12.2 Å². The quantitative estimate of drug-likeness (QED) is 0.661. The lowest BCUT2D eigenvalue weighted by molar-refractivity contribution is -0.156. The van der Waals surface area contributed by atoms with Crippen LogP contribution >= 0.6 is 11.3 Å². The average molecular weight is 460 g/mol. The van der Waals surface area contributed by atoms with Crippen LogP contribution in [0.2, 0.25) is 0 Å². The Balaban J connectivity index is 1.39. The molecular weight excluding hydrogens is 434 g/mol. The van der Waals surface area contributed by atoms with Gasteiger partial charge in [0.2, 0.25) is 6.10 Å². The normalized spacial score (nSPS) is 18.9. The number of carbonyl (C=O) groups is 3. The first kappa shape index (κ1) is 22.1. The van der Waals surface area contributed by atoms with Gasteiger partial charge in [-0.1, -0.05) is 19.1 Å². The Bertz CT molecular complexity index is 1030. The summed E-state index contributed by atoms with van der Waals surface area (Å²) in [5.74, 6) is -0.159. The first-order chi connectivity index (χ1) is 15.5. The van der Waals surface area contributed by atoms with Crippen molar-refractivity contribution in [3.8, 4) is 11.5 Å². The van der Waals surface area contributed by atoms with Crippen LogP contribution in [0.5, 0.6) is 11.5 Å². The number of rotatable bonds is 6. The van der Waals surface area contributed by atoms with Gasteiger partial charge in [0.15, 0.2) is 18.1 Å². The van der Waals surface area contributed by atoms with Crippen LogP contribution in [-0.4, -0.2) is 43.8 Å². The van der Waals surface area contributed by atoms with E-state index in [1.165, 1.54) is 11.3 Å². The highest BCUT2D eigenvalue weighted by molar-refractivity contribution is 7.17. The largest absolute Gasteiger partial charge is 0.485 e. The zero-order valence-corrected chi connectivity index (χ0v) is 18.8. The molecule has 2 aliphatic rings. The van der Waals surface area contributed by atoms with Crippen molar-refractivity contribution in [1.29, 1.82) is 0 Å². The zero-order chi connectivity index (χ0) is 22.7. The van der Waals surface area contributed by atoms with E-state index in [0.29, 0.717) is 28.0 Å². The fourth-order valence-electron chi connectivity index (χ4n) is 3.79. The minimum Gasteiger partial charge on any atom is -0.485 e. The molecule has 1 aliphatic carbocycles. The van der Waals surface area contributed by atoms with Gasteiger partial charge in [-0.3, -0.25) is 4.79 Å². The summed E-state index contributed by atoms with van der Waals surface area (Å²) in [5.41, 5.74) is 1.37. The Labute approximate surface area is 189 Å². The molecule has 32 heavy (non-hydrogen) atoms. The van der Waals surface area contributed by atoms with Crippen molar-refractivity contribution >= 4 is 34.2 Å². The molecule has 2 heterocycles. The number of esters is 2. The van der Waals surface area contributed by atoms with Crippen LogP contribution in [0.15, 0.2) is 24.3 Å². The topological polar surface area (TPSA) is 100 Å². The summed E-state index contributed by atoms with van der Waals surface area (Å²) in [6, 6.07) is 7.01. The fourth-order valence-corrected chi connectivity index (χ4v) is 5.20. The molecule has 1 aliphatic heterocycles. The van der Waals surface area contributed by atoms with Crippen LogP contribution in [-0.2, 0) is 31.9 Å². The molecular formula is C23H25NO7S. The number of hydrogen-bond donors (Lipinski definition) is 1. The number of nitrogens with one attached hydrogen (secondary N) is 1. The molecule has 0 fully saturated rings. The van der Waals surface area contributed by atoms with E-state index in [2.05, 4.69) is 12.2 Å². The van der Waals surface area contributed by atoms with E-state index in [4.69, 9.17) is 18.9 Å². The molecule has 0 saturated heterocycles. The highest BCUT2D eigenvalue weighted by Crippen LogP contribution is 2.40. The van der Waals surface area contributed by atoms with Crippen molar-refractivity contribution < 1.29 is 33.3 Å². The molecule has 9 heteroatoms. The van der Waals surface area contributed by atoms with Gasteiger partial charge in [0.25, 0.3) is 5.91 Å². The monoisotopic (exact) mass is 459 g/mol. The van der Waals surface area contributed by atoms with E-state index >= 15 is 0 Å². The van der Waals surface area contributed by atoms with Crippen molar-refractivity contribution in [2.24, 2.45) is 5.92 Å². The van der Waals surface area contributed by atoms with Crippen molar-refractivity contribution in [1.82, 2.24) is 0 Å². The van der Waals surface area contributed by atoms with Crippen LogP contribution in [0.4, 0.5) is 5.00 Å². The molecule has 2 aromatic rings. The molecule has 0 spiro atoms. The lowest BCUT2D eigenvalue weighted by Crippen LogP contribution is -2.39. The van der Waals surface area contributed by atoms with Gasteiger partial charge in [-0.05, 0) is 49.8 Å². The Kier molecular flexibility index (Phi) is 6.64. The van der Waals surface area contributed by atoms with E-state index in [1.807, 2.05) is 0 Å². The van der Waals surface area contributed by atoms with E-state index < -0.39 is 30.6 Å². The third-order valence-corrected chi connectivity index (χ3v) is 6.53. The summed E-state index contributed by atoms with van der Waals surface area (Å²) < 4.78 is 21.4. The van der Waals surface area contributed by atoms with Crippen molar-refractivity contribution in [2.75, 3.05) is 25.1 Å². The van der Waals surface area contributed by atoms with Crippen LogP contribution in [0, 0.1) is 5.92 Å².